The normalized spacial score (nSPS) is 35.1. The van der Waals surface area contributed by atoms with E-state index in [0.717, 1.165) is 31.5 Å². The first-order valence-electron chi connectivity index (χ1n) is 12.1. The van der Waals surface area contributed by atoms with Crippen molar-refractivity contribution in [3.8, 4) is 0 Å². The molecule has 3 aliphatic rings. The lowest BCUT2D eigenvalue weighted by Crippen LogP contribution is -3.00. The highest BCUT2D eigenvalue weighted by Gasteiger charge is 2.73. The molecule has 2 nitrogen and oxygen atoms in total. The van der Waals surface area contributed by atoms with Gasteiger partial charge in [-0.05, 0) is 36.1 Å². The summed E-state index contributed by atoms with van der Waals surface area (Å²) in [6.45, 7) is 9.48. The fourth-order valence-corrected chi connectivity index (χ4v) is 7.97. The number of hydrogen-bond donors (Lipinski definition) is 0. The van der Waals surface area contributed by atoms with Crippen molar-refractivity contribution in [3.05, 3.63) is 83.9 Å². The van der Waals surface area contributed by atoms with Crippen LogP contribution in [0.3, 0.4) is 0 Å². The van der Waals surface area contributed by atoms with Crippen molar-refractivity contribution in [2.75, 3.05) is 13.1 Å². The first kappa shape index (κ1) is 22.1. The third-order valence-corrected chi connectivity index (χ3v) is 9.27. The molecule has 0 bridgehead atoms. The SMILES string of the molecule is C[C@@H]1C[N@@+]2(Cc3cccc4ccccc34)C[C@H](OCc3ccccc3)[C@H]3CC[C@@H]1[C@]32C.[Br-]. The smallest absolute Gasteiger partial charge is 0.116 e. The van der Waals surface area contributed by atoms with Gasteiger partial charge in [-0.2, -0.15) is 0 Å². The van der Waals surface area contributed by atoms with Gasteiger partial charge in [-0.3, -0.25) is 0 Å². The van der Waals surface area contributed by atoms with Gasteiger partial charge < -0.3 is 26.2 Å². The average Bonchev–Trinajstić information content (AvgIpc) is 3.34. The third-order valence-electron chi connectivity index (χ3n) is 9.27. The Morgan fingerprint density at radius 2 is 1.59 bits per heavy atom. The minimum atomic E-state index is 0. The fraction of sp³-hybridized carbons (Fsp3) is 0.448. The van der Waals surface area contributed by atoms with E-state index in [0.29, 0.717) is 17.6 Å². The van der Waals surface area contributed by atoms with Crippen LogP contribution in [0, 0.1) is 17.8 Å². The van der Waals surface area contributed by atoms with Crippen LogP contribution in [0.2, 0.25) is 0 Å². The second-order valence-electron chi connectivity index (χ2n) is 10.6. The van der Waals surface area contributed by atoms with E-state index >= 15 is 0 Å². The number of nitrogens with zero attached hydrogens (tertiary/aromatic N) is 1. The van der Waals surface area contributed by atoms with Crippen molar-refractivity contribution in [1.82, 2.24) is 0 Å². The zero-order valence-electron chi connectivity index (χ0n) is 19.2. The van der Waals surface area contributed by atoms with E-state index in [1.165, 1.54) is 45.8 Å². The number of halogens is 1. The zero-order valence-corrected chi connectivity index (χ0v) is 20.8. The van der Waals surface area contributed by atoms with Crippen LogP contribution in [0.25, 0.3) is 10.8 Å². The summed E-state index contributed by atoms with van der Waals surface area (Å²) < 4.78 is 7.91. The van der Waals surface area contributed by atoms with Crippen LogP contribution in [-0.2, 0) is 17.9 Å². The molecule has 0 spiro atoms. The number of benzene rings is 3. The Morgan fingerprint density at radius 3 is 2.44 bits per heavy atom. The van der Waals surface area contributed by atoms with Crippen LogP contribution in [0.1, 0.15) is 37.8 Å². The van der Waals surface area contributed by atoms with Crippen LogP contribution in [-0.4, -0.2) is 29.2 Å². The number of hydrogen-bond acceptors (Lipinski definition) is 1. The van der Waals surface area contributed by atoms with Crippen LogP contribution in [0.5, 0.6) is 0 Å². The van der Waals surface area contributed by atoms with Crippen molar-refractivity contribution in [2.45, 2.75) is 51.5 Å². The molecule has 0 radical (unpaired) electrons. The predicted molar refractivity (Wildman–Crippen MR) is 126 cm³/mol. The van der Waals surface area contributed by atoms with Gasteiger partial charge in [0.2, 0.25) is 0 Å². The molecule has 0 N–H and O–H groups in total. The largest absolute Gasteiger partial charge is 1.00 e. The van der Waals surface area contributed by atoms with Crippen molar-refractivity contribution in [2.24, 2.45) is 17.8 Å². The Hall–Kier alpha value is -1.68. The molecular weight excluding hydrogens is 458 g/mol. The minimum absolute atomic E-state index is 0. The molecule has 3 heteroatoms. The quantitative estimate of drug-likeness (QED) is 0.498. The highest BCUT2D eigenvalue weighted by Crippen LogP contribution is 2.63. The Labute approximate surface area is 202 Å². The molecule has 2 saturated heterocycles. The van der Waals surface area contributed by atoms with Gasteiger partial charge in [-0.1, -0.05) is 79.7 Å². The van der Waals surface area contributed by atoms with Gasteiger partial charge in [0.15, 0.2) is 0 Å². The van der Waals surface area contributed by atoms with Gasteiger partial charge in [0.25, 0.3) is 0 Å². The summed E-state index contributed by atoms with van der Waals surface area (Å²) >= 11 is 0. The lowest BCUT2D eigenvalue weighted by Gasteiger charge is -2.44. The molecule has 0 unspecified atom stereocenters. The van der Waals surface area contributed by atoms with Crippen molar-refractivity contribution >= 4 is 10.8 Å². The monoisotopic (exact) mass is 491 g/mol. The van der Waals surface area contributed by atoms with Crippen molar-refractivity contribution in [3.63, 3.8) is 0 Å². The summed E-state index contributed by atoms with van der Waals surface area (Å²) in [7, 11) is 0. The van der Waals surface area contributed by atoms with E-state index in [2.05, 4.69) is 86.6 Å². The molecule has 0 aromatic heterocycles. The van der Waals surface area contributed by atoms with Gasteiger partial charge in [-0.15, -0.1) is 0 Å². The Balaban J connectivity index is 0.00000216. The highest BCUT2D eigenvalue weighted by molar-refractivity contribution is 5.85. The van der Waals surface area contributed by atoms with Crippen LogP contribution in [0.4, 0.5) is 0 Å². The van der Waals surface area contributed by atoms with Crippen LogP contribution < -0.4 is 17.0 Å². The van der Waals surface area contributed by atoms with Gasteiger partial charge in [0.1, 0.15) is 24.7 Å². The average molecular weight is 493 g/mol. The first-order chi connectivity index (χ1) is 15.1. The summed E-state index contributed by atoms with van der Waals surface area (Å²) in [4.78, 5) is 0. The number of fused-ring (bicyclic) bond motifs is 1. The summed E-state index contributed by atoms with van der Waals surface area (Å²) in [6.07, 6.45) is 3.08. The number of ether oxygens (including phenoxy) is 1. The molecule has 1 saturated carbocycles. The van der Waals surface area contributed by atoms with Gasteiger partial charge in [0.05, 0.1) is 13.2 Å². The first-order valence-corrected chi connectivity index (χ1v) is 12.1. The summed E-state index contributed by atoms with van der Waals surface area (Å²) in [6, 6.07) is 26.5. The van der Waals surface area contributed by atoms with Crippen molar-refractivity contribution in [1.29, 1.82) is 0 Å². The third kappa shape index (κ3) is 3.20. The van der Waals surface area contributed by atoms with Gasteiger partial charge in [-0.25, -0.2) is 0 Å². The Kier molecular flexibility index (Phi) is 5.72. The summed E-state index contributed by atoms with van der Waals surface area (Å²) in [5, 5.41) is 2.80. The number of quaternary nitrogens is 1. The van der Waals surface area contributed by atoms with Crippen LogP contribution >= 0.6 is 0 Å². The van der Waals surface area contributed by atoms with E-state index < -0.39 is 0 Å². The molecule has 1 aliphatic carbocycles. The molecule has 3 aromatic rings. The fourth-order valence-electron chi connectivity index (χ4n) is 7.97. The molecule has 6 atom stereocenters. The van der Waals surface area contributed by atoms with Crippen molar-refractivity contribution < 1.29 is 26.2 Å². The zero-order chi connectivity index (χ0) is 21.1. The number of rotatable bonds is 5. The molecule has 3 aromatic carbocycles. The predicted octanol–water partition coefficient (Wildman–Crippen LogP) is 3.19. The van der Waals surface area contributed by atoms with Crippen LogP contribution in [0.15, 0.2) is 72.8 Å². The molecule has 168 valence electrons. The van der Waals surface area contributed by atoms with E-state index in [9.17, 15) is 0 Å². The van der Waals surface area contributed by atoms with E-state index in [1.54, 1.807) is 0 Å². The summed E-state index contributed by atoms with van der Waals surface area (Å²) in [5.41, 5.74) is 3.15. The molecule has 0 amide bonds. The standard InChI is InChI=1S/C29H34NO.BrH/c1-21-17-30(18-24-13-8-12-23-11-6-7-14-25(23)24)19-28(27-16-15-26(21)29(27,30)2)31-20-22-9-4-3-5-10-22;/h3-14,21,26-28H,15-20H2,1-2H3;1H/q+1;/p-1/t21-,26+,27-,28+,29-,30-;/m1./s1. The minimum Gasteiger partial charge on any atom is -1.00 e. The highest BCUT2D eigenvalue weighted by atomic mass is 79.9. The molecule has 2 heterocycles. The Morgan fingerprint density at radius 1 is 0.875 bits per heavy atom. The lowest BCUT2D eigenvalue weighted by atomic mass is 9.80. The van der Waals surface area contributed by atoms with E-state index in [-0.39, 0.29) is 17.0 Å². The molecule has 2 aliphatic heterocycles. The van der Waals surface area contributed by atoms with Gasteiger partial charge in [0, 0.05) is 23.3 Å². The Bertz CT molecular complexity index is 1100. The van der Waals surface area contributed by atoms with E-state index in [1.807, 2.05) is 0 Å². The second kappa shape index (κ2) is 8.27. The molecule has 3 fully saturated rings. The molecule has 32 heavy (non-hydrogen) atoms. The maximum Gasteiger partial charge on any atom is 0.116 e. The molecule has 6 rings (SSSR count). The topological polar surface area (TPSA) is 9.23 Å². The maximum absolute atomic E-state index is 6.69. The summed E-state index contributed by atoms with van der Waals surface area (Å²) in [5.74, 6) is 2.32. The lowest BCUT2D eigenvalue weighted by molar-refractivity contribution is -0.966. The second-order valence-corrected chi connectivity index (χ2v) is 10.6. The maximum atomic E-state index is 6.69. The van der Waals surface area contributed by atoms with E-state index in [4.69, 9.17) is 4.74 Å². The molecular formula is C29H34BrNO. The van der Waals surface area contributed by atoms with Gasteiger partial charge >= 0.3 is 0 Å².